The van der Waals surface area contributed by atoms with Crippen LogP contribution in [0.4, 0.5) is 0 Å². The molecule has 1 atom stereocenters. The smallest absolute Gasteiger partial charge is 0.253 e. The van der Waals surface area contributed by atoms with Gasteiger partial charge >= 0.3 is 0 Å². The summed E-state index contributed by atoms with van der Waals surface area (Å²) < 4.78 is 5.47. The summed E-state index contributed by atoms with van der Waals surface area (Å²) in [6.45, 7) is 8.23. The summed E-state index contributed by atoms with van der Waals surface area (Å²) in [4.78, 5) is 31.3. The summed E-state index contributed by atoms with van der Waals surface area (Å²) >= 11 is 0. The van der Waals surface area contributed by atoms with Gasteiger partial charge in [0, 0.05) is 54.8 Å². The van der Waals surface area contributed by atoms with Gasteiger partial charge in [0.15, 0.2) is 0 Å². The van der Waals surface area contributed by atoms with Crippen LogP contribution in [0.1, 0.15) is 64.0 Å². The number of pyridine rings is 1. The molecule has 1 aliphatic carbocycles. The van der Waals surface area contributed by atoms with Crippen molar-refractivity contribution < 1.29 is 9.53 Å². The summed E-state index contributed by atoms with van der Waals surface area (Å²) in [5, 5.41) is 12.3. The number of nitrogens with one attached hydrogen (secondary N) is 3. The fourth-order valence-corrected chi connectivity index (χ4v) is 7.50. The fourth-order valence-electron chi connectivity index (χ4n) is 5.76. The number of H-pyrrole nitrogens is 1. The first-order valence-corrected chi connectivity index (χ1v) is 15.3. The third-order valence-corrected chi connectivity index (χ3v) is 9.71. The Balaban J connectivity index is 1.44. The van der Waals surface area contributed by atoms with Crippen molar-refractivity contribution in [1.82, 2.24) is 15.2 Å². The maximum atomic E-state index is 13.6. The highest BCUT2D eigenvalue weighted by Crippen LogP contribution is 2.36. The van der Waals surface area contributed by atoms with Gasteiger partial charge in [0.05, 0.1) is 13.2 Å². The standard InChI is InChI=1S/C32H39N4O3P/c1-21-15-22(2)35-32(38)29(21)19-34-31(37)27-16-25(17-30(28(27)18-33)40-26-5-3-4-6-26)24-9-7-23(8-10-24)20-36-11-13-39-14-12-36/h7-10,15-18,26,33,40H,3-6,11-14,19-20H2,1-2H3,(H,34,37)(H,35,38). The predicted molar refractivity (Wildman–Crippen MR) is 164 cm³/mol. The number of aryl methyl sites for hydroxylation is 2. The second-order valence-electron chi connectivity index (χ2n) is 11.0. The van der Waals surface area contributed by atoms with Crippen molar-refractivity contribution in [3.63, 3.8) is 0 Å². The number of rotatable bonds is 9. The molecule has 2 aliphatic rings. The van der Waals surface area contributed by atoms with Crippen LogP contribution >= 0.6 is 8.58 Å². The molecule has 3 aromatic rings. The number of ether oxygens (including phenoxy) is 1. The van der Waals surface area contributed by atoms with Crippen LogP contribution in [0, 0.1) is 19.3 Å². The van der Waals surface area contributed by atoms with Crippen molar-refractivity contribution in [2.45, 2.75) is 58.3 Å². The van der Waals surface area contributed by atoms with Crippen molar-refractivity contribution in [1.29, 1.82) is 5.41 Å². The molecule has 7 nitrogen and oxygen atoms in total. The number of aromatic amines is 1. The van der Waals surface area contributed by atoms with E-state index in [0.717, 1.165) is 60.5 Å². The van der Waals surface area contributed by atoms with Crippen LogP contribution in [0.15, 0.2) is 47.3 Å². The minimum absolute atomic E-state index is 0.137. The van der Waals surface area contributed by atoms with E-state index in [-0.39, 0.29) is 18.0 Å². The molecule has 1 saturated carbocycles. The molecule has 5 rings (SSSR count). The van der Waals surface area contributed by atoms with Gasteiger partial charge < -0.3 is 20.4 Å². The lowest BCUT2D eigenvalue weighted by Gasteiger charge is -2.26. The molecule has 1 unspecified atom stereocenters. The van der Waals surface area contributed by atoms with E-state index in [1.54, 1.807) is 0 Å². The Morgan fingerprint density at radius 2 is 1.82 bits per heavy atom. The first-order valence-electron chi connectivity index (χ1n) is 14.2. The molecule has 2 fully saturated rings. The van der Waals surface area contributed by atoms with Crippen LogP contribution < -0.4 is 16.2 Å². The molecule has 0 bridgehead atoms. The Hall–Kier alpha value is -3.12. The summed E-state index contributed by atoms with van der Waals surface area (Å²) in [5.41, 5.74) is 7.10. The monoisotopic (exact) mass is 558 g/mol. The number of nitrogens with zero attached hydrogens (tertiary/aromatic N) is 1. The van der Waals surface area contributed by atoms with Crippen molar-refractivity contribution in [3.8, 4) is 11.1 Å². The van der Waals surface area contributed by atoms with E-state index in [4.69, 9.17) is 10.1 Å². The second-order valence-corrected chi connectivity index (χ2v) is 12.6. The second kappa shape index (κ2) is 13.0. The first kappa shape index (κ1) is 28.4. The summed E-state index contributed by atoms with van der Waals surface area (Å²) in [7, 11) is 0.559. The number of aromatic nitrogens is 1. The van der Waals surface area contributed by atoms with Gasteiger partial charge in [-0.3, -0.25) is 14.5 Å². The molecule has 1 amide bonds. The van der Waals surface area contributed by atoms with Crippen molar-refractivity contribution in [2.75, 3.05) is 26.3 Å². The molecule has 3 N–H and O–H groups in total. The molecule has 0 radical (unpaired) electrons. The average molecular weight is 559 g/mol. The molecule has 1 aromatic heterocycles. The predicted octanol–water partition coefficient (Wildman–Crippen LogP) is 4.67. The van der Waals surface area contributed by atoms with E-state index in [2.05, 4.69) is 45.5 Å². The third kappa shape index (κ3) is 6.77. The molecule has 1 aliphatic heterocycles. The van der Waals surface area contributed by atoms with Gasteiger partial charge in [0.2, 0.25) is 0 Å². The minimum Gasteiger partial charge on any atom is -0.379 e. The van der Waals surface area contributed by atoms with Gasteiger partial charge in [0.1, 0.15) is 0 Å². The Labute approximate surface area is 238 Å². The van der Waals surface area contributed by atoms with Gasteiger partial charge in [-0.05, 0) is 78.1 Å². The number of carbonyl (C=O) groups excluding carboxylic acids is 1. The highest BCUT2D eigenvalue weighted by Gasteiger charge is 2.22. The average Bonchev–Trinajstić information content (AvgIpc) is 3.46. The van der Waals surface area contributed by atoms with E-state index in [1.807, 2.05) is 26.0 Å². The molecule has 8 heteroatoms. The lowest BCUT2D eigenvalue weighted by Crippen LogP contribution is -2.35. The fraction of sp³-hybridized carbons (Fsp3) is 0.406. The first-order chi connectivity index (χ1) is 19.4. The van der Waals surface area contributed by atoms with E-state index >= 15 is 0 Å². The zero-order valence-corrected chi connectivity index (χ0v) is 24.4. The lowest BCUT2D eigenvalue weighted by atomic mass is 9.97. The molecular formula is C32H39N4O3P. The highest BCUT2D eigenvalue weighted by atomic mass is 31.1. The number of carbonyl (C=O) groups is 1. The number of hydrogen-bond donors (Lipinski definition) is 3. The topological polar surface area (TPSA) is 98.3 Å². The largest absolute Gasteiger partial charge is 0.379 e. The molecule has 1 saturated heterocycles. The van der Waals surface area contributed by atoms with E-state index in [9.17, 15) is 9.59 Å². The van der Waals surface area contributed by atoms with Crippen LogP contribution in [0.2, 0.25) is 0 Å². The van der Waals surface area contributed by atoms with Crippen LogP contribution in [0.5, 0.6) is 0 Å². The Morgan fingerprint density at radius 1 is 1.10 bits per heavy atom. The van der Waals surface area contributed by atoms with Crippen LogP contribution in [-0.4, -0.2) is 54.0 Å². The third-order valence-electron chi connectivity index (χ3n) is 8.00. The molecule has 210 valence electrons. The van der Waals surface area contributed by atoms with E-state index < -0.39 is 0 Å². The molecule has 0 spiro atoms. The van der Waals surface area contributed by atoms with E-state index in [0.29, 0.717) is 30.9 Å². The van der Waals surface area contributed by atoms with Crippen molar-refractivity contribution in [2.24, 2.45) is 0 Å². The van der Waals surface area contributed by atoms with E-state index in [1.165, 1.54) is 37.5 Å². The van der Waals surface area contributed by atoms with Gasteiger partial charge in [-0.25, -0.2) is 0 Å². The zero-order valence-electron chi connectivity index (χ0n) is 23.4. The van der Waals surface area contributed by atoms with Crippen molar-refractivity contribution >= 4 is 26.0 Å². The maximum absolute atomic E-state index is 13.6. The minimum atomic E-state index is -0.263. The number of morpholine rings is 1. The van der Waals surface area contributed by atoms with Gasteiger partial charge in [0.25, 0.3) is 11.5 Å². The zero-order chi connectivity index (χ0) is 28.1. The molecule has 2 heterocycles. The van der Waals surface area contributed by atoms with Gasteiger partial charge in [-0.1, -0.05) is 45.7 Å². The Kier molecular flexibility index (Phi) is 9.25. The quantitative estimate of drug-likeness (QED) is 0.263. The Morgan fingerprint density at radius 3 is 2.50 bits per heavy atom. The van der Waals surface area contributed by atoms with Crippen molar-refractivity contribution in [3.05, 3.63) is 86.3 Å². The summed E-state index contributed by atoms with van der Waals surface area (Å²) in [6, 6.07) is 14.6. The highest BCUT2D eigenvalue weighted by molar-refractivity contribution is 7.48. The Bertz CT molecular complexity index is 1420. The number of amides is 1. The van der Waals surface area contributed by atoms with Gasteiger partial charge in [-0.15, -0.1) is 0 Å². The normalized spacial score (nSPS) is 16.6. The van der Waals surface area contributed by atoms with Crippen LogP contribution in [0.3, 0.4) is 0 Å². The molecule has 2 aromatic carbocycles. The SMILES string of the molecule is Cc1cc(C)c(CNC(=O)c2cc(-c3ccc(CN4CCOCC4)cc3)cc(PC3CCCC3)c2C=N)c(=O)[nH]1. The maximum Gasteiger partial charge on any atom is 0.253 e. The lowest BCUT2D eigenvalue weighted by molar-refractivity contribution is 0.0342. The number of benzene rings is 2. The van der Waals surface area contributed by atoms with Gasteiger partial charge in [-0.2, -0.15) is 0 Å². The molecule has 40 heavy (non-hydrogen) atoms. The number of hydrogen-bond acceptors (Lipinski definition) is 5. The van der Waals surface area contributed by atoms with Crippen LogP contribution in [0.25, 0.3) is 11.1 Å². The summed E-state index contributed by atoms with van der Waals surface area (Å²) in [5.74, 6) is -0.263. The molecular weight excluding hydrogens is 519 g/mol. The summed E-state index contributed by atoms with van der Waals surface area (Å²) in [6.07, 6.45) is 6.23. The van der Waals surface area contributed by atoms with Crippen LogP contribution in [-0.2, 0) is 17.8 Å².